The normalized spacial score (nSPS) is 11.2. The topological polar surface area (TPSA) is 59.1 Å². The van der Waals surface area contributed by atoms with Gasteiger partial charge in [0.05, 0.1) is 16.8 Å². The largest absolute Gasteiger partial charge is 0.278 e. The van der Waals surface area contributed by atoms with Crippen LogP contribution in [0.4, 0.5) is 5.69 Å². The molecule has 1 aromatic heterocycles. The summed E-state index contributed by atoms with van der Waals surface area (Å²) in [5, 5.41) is 0.359. The smallest absolute Gasteiger partial charge is 0.261 e. The minimum Gasteiger partial charge on any atom is -0.278 e. The highest BCUT2D eigenvalue weighted by Gasteiger charge is 2.13. The van der Waals surface area contributed by atoms with E-state index in [-0.39, 0.29) is 4.90 Å². The van der Waals surface area contributed by atoms with Gasteiger partial charge >= 0.3 is 0 Å². The van der Waals surface area contributed by atoms with E-state index in [9.17, 15) is 8.42 Å². The number of hydrogen-bond donors (Lipinski definition) is 1. The van der Waals surface area contributed by atoms with E-state index in [2.05, 4.69) is 9.71 Å². The lowest BCUT2D eigenvalue weighted by atomic mass is 10.3. The highest BCUT2D eigenvalue weighted by atomic mass is 35.5. The number of sulfonamides is 1. The minimum absolute atomic E-state index is 0.206. The van der Waals surface area contributed by atoms with Crippen LogP contribution in [0.2, 0.25) is 5.15 Å². The molecule has 0 aliphatic rings. The van der Waals surface area contributed by atoms with Crippen LogP contribution in [0.25, 0.3) is 0 Å². The number of halogens is 1. The van der Waals surface area contributed by atoms with Gasteiger partial charge in [-0.05, 0) is 30.7 Å². The molecule has 2 aromatic rings. The molecule has 0 fully saturated rings. The number of hydrogen-bond acceptors (Lipinski definition) is 3. The molecule has 18 heavy (non-hydrogen) atoms. The second kappa shape index (κ2) is 4.96. The zero-order chi connectivity index (χ0) is 13.2. The Labute approximate surface area is 111 Å². The van der Waals surface area contributed by atoms with Crippen molar-refractivity contribution in [3.05, 3.63) is 53.3 Å². The summed E-state index contributed by atoms with van der Waals surface area (Å²) in [5.74, 6) is 0. The maximum absolute atomic E-state index is 12.0. The van der Waals surface area contributed by atoms with Gasteiger partial charge in [0.25, 0.3) is 10.0 Å². The molecule has 1 heterocycles. The third-order valence-electron chi connectivity index (χ3n) is 2.32. The van der Waals surface area contributed by atoms with Crippen LogP contribution in [0.15, 0.2) is 47.5 Å². The van der Waals surface area contributed by atoms with Crippen LogP contribution in [0.1, 0.15) is 5.56 Å². The van der Waals surface area contributed by atoms with Gasteiger partial charge in [-0.3, -0.25) is 4.72 Å². The summed E-state index contributed by atoms with van der Waals surface area (Å²) in [5.41, 5.74) is 1.10. The van der Waals surface area contributed by atoms with E-state index in [1.54, 1.807) is 31.2 Å². The Morgan fingerprint density at radius 1 is 1.22 bits per heavy atom. The van der Waals surface area contributed by atoms with Crippen LogP contribution in [-0.2, 0) is 10.0 Å². The number of anilines is 1. The fourth-order valence-corrected chi connectivity index (χ4v) is 2.59. The molecule has 0 radical (unpaired) electrons. The molecule has 1 N–H and O–H groups in total. The standard InChI is InChI=1S/C12H11ClN2O2S/c1-9-7-10(8-14-12(9)13)15-18(16,17)11-5-3-2-4-6-11/h2-8,15H,1H3. The third-order valence-corrected chi connectivity index (χ3v) is 4.11. The zero-order valence-electron chi connectivity index (χ0n) is 9.59. The van der Waals surface area contributed by atoms with Gasteiger partial charge in [0.2, 0.25) is 0 Å². The van der Waals surface area contributed by atoms with E-state index in [1.165, 1.54) is 18.3 Å². The highest BCUT2D eigenvalue weighted by molar-refractivity contribution is 7.92. The molecule has 94 valence electrons. The Balaban J connectivity index is 2.31. The molecular weight excluding hydrogens is 272 g/mol. The van der Waals surface area contributed by atoms with Gasteiger partial charge in [-0.1, -0.05) is 29.8 Å². The molecule has 1 aromatic carbocycles. The highest BCUT2D eigenvalue weighted by Crippen LogP contribution is 2.19. The third kappa shape index (κ3) is 2.80. The number of nitrogens with one attached hydrogen (secondary N) is 1. The minimum atomic E-state index is -3.58. The number of aromatic nitrogens is 1. The van der Waals surface area contributed by atoms with Gasteiger partial charge in [0.1, 0.15) is 5.15 Å². The Bertz CT molecular complexity index is 657. The quantitative estimate of drug-likeness (QED) is 0.881. The van der Waals surface area contributed by atoms with Crippen LogP contribution in [0.3, 0.4) is 0 Å². The Hall–Kier alpha value is -1.59. The average molecular weight is 283 g/mol. The molecule has 0 spiro atoms. The van der Waals surface area contributed by atoms with Crippen molar-refractivity contribution in [2.24, 2.45) is 0 Å². The Kier molecular flexibility index (Phi) is 3.54. The Morgan fingerprint density at radius 3 is 2.50 bits per heavy atom. The first kappa shape index (κ1) is 12.9. The van der Waals surface area contributed by atoms with Gasteiger partial charge in [-0.15, -0.1) is 0 Å². The van der Waals surface area contributed by atoms with E-state index < -0.39 is 10.0 Å². The monoisotopic (exact) mass is 282 g/mol. The molecule has 0 amide bonds. The summed E-state index contributed by atoms with van der Waals surface area (Å²) in [7, 11) is -3.58. The van der Waals surface area contributed by atoms with E-state index >= 15 is 0 Å². The summed E-state index contributed by atoms with van der Waals surface area (Å²) < 4.78 is 26.5. The van der Waals surface area contributed by atoms with Crippen molar-refractivity contribution in [3.63, 3.8) is 0 Å². The summed E-state index contributed by atoms with van der Waals surface area (Å²) in [4.78, 5) is 4.10. The summed E-state index contributed by atoms with van der Waals surface area (Å²) in [6, 6.07) is 9.78. The van der Waals surface area contributed by atoms with Crippen molar-refractivity contribution in [2.75, 3.05) is 4.72 Å². The lowest BCUT2D eigenvalue weighted by molar-refractivity contribution is 0.601. The molecule has 0 aliphatic carbocycles. The second-order valence-corrected chi connectivity index (χ2v) is 5.79. The fraction of sp³-hybridized carbons (Fsp3) is 0.0833. The molecule has 0 saturated heterocycles. The van der Waals surface area contributed by atoms with Gasteiger partial charge in [-0.25, -0.2) is 13.4 Å². The predicted octanol–water partition coefficient (Wildman–Crippen LogP) is 2.84. The van der Waals surface area contributed by atoms with E-state index in [4.69, 9.17) is 11.6 Å². The van der Waals surface area contributed by atoms with Crippen molar-refractivity contribution < 1.29 is 8.42 Å². The number of nitrogens with zero attached hydrogens (tertiary/aromatic N) is 1. The summed E-state index contributed by atoms with van der Waals surface area (Å²) in [6.07, 6.45) is 1.38. The van der Waals surface area contributed by atoms with Crippen LogP contribution in [0.5, 0.6) is 0 Å². The maximum atomic E-state index is 12.0. The number of benzene rings is 1. The first-order valence-electron chi connectivity index (χ1n) is 5.19. The first-order chi connectivity index (χ1) is 8.49. The van der Waals surface area contributed by atoms with Gasteiger partial charge in [0, 0.05) is 0 Å². The van der Waals surface area contributed by atoms with Crippen molar-refractivity contribution in [3.8, 4) is 0 Å². The molecular formula is C12H11ClN2O2S. The van der Waals surface area contributed by atoms with Crippen molar-refractivity contribution >= 4 is 27.3 Å². The molecule has 4 nitrogen and oxygen atoms in total. The molecule has 6 heteroatoms. The maximum Gasteiger partial charge on any atom is 0.261 e. The van der Waals surface area contributed by atoms with Gasteiger partial charge in [-0.2, -0.15) is 0 Å². The molecule has 0 saturated carbocycles. The molecule has 2 rings (SSSR count). The van der Waals surface area contributed by atoms with E-state index in [0.29, 0.717) is 16.4 Å². The lowest BCUT2D eigenvalue weighted by Crippen LogP contribution is -2.13. The van der Waals surface area contributed by atoms with Crippen LogP contribution in [-0.4, -0.2) is 13.4 Å². The van der Waals surface area contributed by atoms with Crippen LogP contribution in [0, 0.1) is 6.92 Å². The van der Waals surface area contributed by atoms with E-state index in [1.807, 2.05) is 0 Å². The van der Waals surface area contributed by atoms with Crippen molar-refractivity contribution in [2.45, 2.75) is 11.8 Å². The molecule has 0 atom stereocenters. The molecule has 0 bridgehead atoms. The summed E-state index contributed by atoms with van der Waals surface area (Å²) in [6.45, 7) is 1.76. The van der Waals surface area contributed by atoms with Gasteiger partial charge < -0.3 is 0 Å². The lowest BCUT2D eigenvalue weighted by Gasteiger charge is -2.08. The predicted molar refractivity (Wildman–Crippen MR) is 71.2 cm³/mol. The SMILES string of the molecule is Cc1cc(NS(=O)(=O)c2ccccc2)cnc1Cl. The second-order valence-electron chi connectivity index (χ2n) is 3.75. The Morgan fingerprint density at radius 2 is 1.89 bits per heavy atom. The van der Waals surface area contributed by atoms with Crippen molar-refractivity contribution in [1.82, 2.24) is 4.98 Å². The average Bonchev–Trinajstić information content (AvgIpc) is 2.35. The fourth-order valence-electron chi connectivity index (χ4n) is 1.43. The van der Waals surface area contributed by atoms with Crippen LogP contribution >= 0.6 is 11.6 Å². The van der Waals surface area contributed by atoms with Crippen LogP contribution < -0.4 is 4.72 Å². The molecule has 0 aliphatic heterocycles. The van der Waals surface area contributed by atoms with Gasteiger partial charge in [0.15, 0.2) is 0 Å². The first-order valence-corrected chi connectivity index (χ1v) is 7.05. The number of aryl methyl sites for hydroxylation is 1. The van der Waals surface area contributed by atoms with E-state index in [0.717, 1.165) is 0 Å². The zero-order valence-corrected chi connectivity index (χ0v) is 11.2. The summed E-state index contributed by atoms with van der Waals surface area (Å²) >= 11 is 5.78. The molecule has 0 unspecified atom stereocenters. The number of rotatable bonds is 3. The van der Waals surface area contributed by atoms with Crippen molar-refractivity contribution in [1.29, 1.82) is 0 Å². The number of pyridine rings is 1.